The highest BCUT2D eigenvalue weighted by Crippen LogP contribution is 2.16. The summed E-state index contributed by atoms with van der Waals surface area (Å²) in [4.78, 5) is 14.4. The largest absolute Gasteiger partial charge is 0.395 e. The fourth-order valence-electron chi connectivity index (χ4n) is 3.39. The topological polar surface area (TPSA) is 57.5 Å². The van der Waals surface area contributed by atoms with Gasteiger partial charge in [-0.3, -0.25) is 9.69 Å². The smallest absolute Gasteiger partial charge is 0.239 e. The minimum absolute atomic E-state index is 0.0314. The second-order valence-electron chi connectivity index (χ2n) is 6.22. The van der Waals surface area contributed by atoms with Gasteiger partial charge in [0.1, 0.15) is 6.54 Å². The van der Waals surface area contributed by atoms with Gasteiger partial charge in [0.2, 0.25) is 5.91 Å². The number of carbonyl (C=O) groups is 1. The molecule has 1 amide bonds. The Morgan fingerprint density at radius 1 is 1.26 bits per heavy atom. The molecule has 5 heteroatoms. The van der Waals surface area contributed by atoms with Crippen molar-refractivity contribution in [2.24, 2.45) is 0 Å². The highest BCUT2D eigenvalue weighted by atomic mass is 16.3. The molecule has 1 fully saturated rings. The van der Waals surface area contributed by atoms with E-state index in [1.54, 1.807) is 0 Å². The number of aliphatic hydroxyl groups excluding tert-OH is 1. The van der Waals surface area contributed by atoms with Gasteiger partial charge in [-0.25, -0.2) is 0 Å². The molecule has 1 saturated heterocycles. The number of nitrogens with zero attached hydrogens (tertiary/aromatic N) is 2. The van der Waals surface area contributed by atoms with Crippen molar-refractivity contribution >= 4 is 16.8 Å². The number of para-hydroxylation sites is 1. The summed E-state index contributed by atoms with van der Waals surface area (Å²) in [6.07, 6.45) is 5.38. The normalized spacial score (nSPS) is 19.1. The molecule has 0 aliphatic carbocycles. The van der Waals surface area contributed by atoms with E-state index in [1.807, 2.05) is 35.0 Å². The standard InChI is InChI=1S/C18H25N3O2/c22-14-16-6-3-4-10-20(16)12-9-19-18(23)13-21-11-8-15-5-1-2-7-17(15)21/h1-2,5,7-8,11,16,22H,3-4,6,9-10,12-14H2,(H,19,23)/t16-/m1/s1. The minimum Gasteiger partial charge on any atom is -0.395 e. The fraction of sp³-hybridized carbons (Fsp3) is 0.500. The van der Waals surface area contributed by atoms with Crippen molar-refractivity contribution < 1.29 is 9.90 Å². The summed E-state index contributed by atoms with van der Waals surface area (Å²) >= 11 is 0. The maximum Gasteiger partial charge on any atom is 0.239 e. The first-order chi connectivity index (χ1) is 11.3. The van der Waals surface area contributed by atoms with Gasteiger partial charge >= 0.3 is 0 Å². The van der Waals surface area contributed by atoms with Crippen LogP contribution in [0.3, 0.4) is 0 Å². The van der Waals surface area contributed by atoms with Crippen molar-refractivity contribution in [3.8, 4) is 0 Å². The molecule has 124 valence electrons. The van der Waals surface area contributed by atoms with Crippen LogP contribution in [0.2, 0.25) is 0 Å². The summed E-state index contributed by atoms with van der Waals surface area (Å²) in [6, 6.07) is 10.4. The molecule has 0 unspecified atom stereocenters. The summed E-state index contributed by atoms with van der Waals surface area (Å²) < 4.78 is 1.97. The molecule has 1 aliphatic rings. The van der Waals surface area contributed by atoms with Crippen molar-refractivity contribution in [1.29, 1.82) is 0 Å². The highest BCUT2D eigenvalue weighted by Gasteiger charge is 2.21. The van der Waals surface area contributed by atoms with Crippen LogP contribution in [-0.2, 0) is 11.3 Å². The number of piperidine rings is 1. The number of hydrogen-bond acceptors (Lipinski definition) is 3. The maximum atomic E-state index is 12.1. The van der Waals surface area contributed by atoms with Gasteiger partial charge in [0.25, 0.3) is 0 Å². The maximum absolute atomic E-state index is 12.1. The lowest BCUT2D eigenvalue weighted by Crippen LogP contribution is -2.45. The third-order valence-corrected chi connectivity index (χ3v) is 4.68. The first kappa shape index (κ1) is 16.0. The van der Waals surface area contributed by atoms with E-state index in [4.69, 9.17) is 0 Å². The molecule has 1 aromatic carbocycles. The van der Waals surface area contributed by atoms with E-state index in [0.717, 1.165) is 30.4 Å². The quantitative estimate of drug-likeness (QED) is 0.851. The Balaban J connectivity index is 1.48. The van der Waals surface area contributed by atoms with Crippen LogP contribution < -0.4 is 5.32 Å². The van der Waals surface area contributed by atoms with E-state index in [1.165, 1.54) is 12.8 Å². The third kappa shape index (κ3) is 3.92. The average Bonchev–Trinajstić information content (AvgIpc) is 2.98. The molecule has 0 saturated carbocycles. The zero-order valence-corrected chi connectivity index (χ0v) is 13.4. The van der Waals surface area contributed by atoms with Crippen LogP contribution in [0.1, 0.15) is 19.3 Å². The molecular formula is C18H25N3O2. The van der Waals surface area contributed by atoms with Gasteiger partial charge in [0.15, 0.2) is 0 Å². The Morgan fingerprint density at radius 2 is 2.13 bits per heavy atom. The molecule has 2 aromatic rings. The van der Waals surface area contributed by atoms with Crippen molar-refractivity contribution in [1.82, 2.24) is 14.8 Å². The van der Waals surface area contributed by atoms with Crippen LogP contribution in [0, 0.1) is 0 Å². The molecule has 1 aliphatic heterocycles. The highest BCUT2D eigenvalue weighted by molar-refractivity contribution is 5.83. The lowest BCUT2D eigenvalue weighted by molar-refractivity contribution is -0.121. The number of aliphatic hydroxyl groups is 1. The summed E-state index contributed by atoms with van der Waals surface area (Å²) in [5, 5.41) is 13.6. The first-order valence-corrected chi connectivity index (χ1v) is 8.43. The van der Waals surface area contributed by atoms with E-state index >= 15 is 0 Å². The van der Waals surface area contributed by atoms with Crippen LogP contribution in [-0.4, -0.2) is 52.8 Å². The van der Waals surface area contributed by atoms with E-state index in [9.17, 15) is 9.90 Å². The Hall–Kier alpha value is -1.85. The minimum atomic E-state index is 0.0314. The number of nitrogens with one attached hydrogen (secondary N) is 1. The second-order valence-corrected chi connectivity index (χ2v) is 6.22. The molecular weight excluding hydrogens is 290 g/mol. The Kier molecular flexibility index (Phi) is 5.31. The van der Waals surface area contributed by atoms with E-state index in [2.05, 4.69) is 16.3 Å². The van der Waals surface area contributed by atoms with Gasteiger partial charge in [0, 0.05) is 30.8 Å². The van der Waals surface area contributed by atoms with Gasteiger partial charge in [-0.2, -0.15) is 0 Å². The van der Waals surface area contributed by atoms with Crippen LogP contribution in [0.25, 0.3) is 10.9 Å². The van der Waals surface area contributed by atoms with Gasteiger partial charge in [-0.1, -0.05) is 24.6 Å². The number of rotatable bonds is 6. The molecule has 0 radical (unpaired) electrons. The monoisotopic (exact) mass is 315 g/mol. The molecule has 1 aromatic heterocycles. The van der Waals surface area contributed by atoms with Gasteiger partial charge in [0.05, 0.1) is 6.61 Å². The molecule has 3 rings (SSSR count). The van der Waals surface area contributed by atoms with Crippen molar-refractivity contribution in [2.75, 3.05) is 26.2 Å². The molecule has 2 heterocycles. The zero-order valence-electron chi connectivity index (χ0n) is 13.4. The summed E-state index contributed by atoms with van der Waals surface area (Å²) in [7, 11) is 0. The first-order valence-electron chi connectivity index (χ1n) is 8.43. The SMILES string of the molecule is O=C(Cn1ccc2ccccc21)NCCN1CCCC[C@@H]1CO. The fourth-order valence-corrected chi connectivity index (χ4v) is 3.39. The molecule has 2 N–H and O–H groups in total. The van der Waals surface area contributed by atoms with Crippen LogP contribution in [0.4, 0.5) is 0 Å². The molecule has 5 nitrogen and oxygen atoms in total. The number of fused-ring (bicyclic) bond motifs is 1. The van der Waals surface area contributed by atoms with Crippen molar-refractivity contribution in [3.05, 3.63) is 36.5 Å². The number of aromatic nitrogens is 1. The van der Waals surface area contributed by atoms with E-state index in [0.29, 0.717) is 13.1 Å². The zero-order chi connectivity index (χ0) is 16.1. The number of benzene rings is 1. The predicted molar refractivity (Wildman–Crippen MR) is 91.2 cm³/mol. The van der Waals surface area contributed by atoms with Crippen LogP contribution in [0.5, 0.6) is 0 Å². The van der Waals surface area contributed by atoms with Gasteiger partial charge < -0.3 is 15.0 Å². The summed E-state index contributed by atoms with van der Waals surface area (Å²) in [5.74, 6) is 0.0314. The molecule has 0 spiro atoms. The third-order valence-electron chi connectivity index (χ3n) is 4.68. The molecule has 23 heavy (non-hydrogen) atoms. The predicted octanol–water partition coefficient (Wildman–Crippen LogP) is 1.60. The lowest BCUT2D eigenvalue weighted by Gasteiger charge is -2.34. The van der Waals surface area contributed by atoms with Crippen molar-refractivity contribution in [2.45, 2.75) is 31.8 Å². The molecule has 1 atom stereocenters. The number of likely N-dealkylation sites (tertiary alicyclic amines) is 1. The number of hydrogen-bond donors (Lipinski definition) is 2. The number of carbonyl (C=O) groups excluding carboxylic acids is 1. The second kappa shape index (κ2) is 7.62. The molecule has 0 bridgehead atoms. The van der Waals surface area contributed by atoms with E-state index in [-0.39, 0.29) is 18.6 Å². The van der Waals surface area contributed by atoms with Crippen molar-refractivity contribution in [3.63, 3.8) is 0 Å². The Morgan fingerprint density at radius 3 is 3.00 bits per heavy atom. The van der Waals surface area contributed by atoms with Gasteiger partial charge in [-0.15, -0.1) is 0 Å². The Labute approximate surface area is 136 Å². The summed E-state index contributed by atoms with van der Waals surface area (Å²) in [6.45, 7) is 3.02. The van der Waals surface area contributed by atoms with Crippen LogP contribution in [0.15, 0.2) is 36.5 Å². The van der Waals surface area contributed by atoms with E-state index < -0.39 is 0 Å². The van der Waals surface area contributed by atoms with Gasteiger partial charge in [-0.05, 0) is 36.9 Å². The lowest BCUT2D eigenvalue weighted by atomic mass is 10.0. The Bertz CT molecular complexity index is 653. The van der Waals surface area contributed by atoms with Crippen LogP contribution >= 0.6 is 0 Å². The average molecular weight is 315 g/mol. The summed E-state index contributed by atoms with van der Waals surface area (Å²) in [5.41, 5.74) is 1.08. The number of amides is 1.